The summed E-state index contributed by atoms with van der Waals surface area (Å²) in [5.41, 5.74) is -0.168. The van der Waals surface area contributed by atoms with E-state index >= 15 is 0 Å². The van der Waals surface area contributed by atoms with Crippen LogP contribution in [0.15, 0.2) is 18.2 Å². The van der Waals surface area contributed by atoms with Crippen molar-refractivity contribution >= 4 is 24.8 Å². The Hall–Kier alpha value is -0.890. The highest BCUT2D eigenvalue weighted by Gasteiger charge is 2.46. The maximum atomic E-state index is 13.4. The fourth-order valence-electron chi connectivity index (χ4n) is 2.45. The van der Waals surface area contributed by atoms with Crippen LogP contribution in [0, 0.1) is 0 Å². The number of nitrogens with zero attached hydrogens (tertiary/aromatic N) is 1. The van der Waals surface area contributed by atoms with Crippen LogP contribution >= 0.6 is 24.8 Å². The second-order valence-electron chi connectivity index (χ2n) is 4.63. The highest BCUT2D eigenvalue weighted by Crippen LogP contribution is 2.44. The number of halogens is 5. The van der Waals surface area contributed by atoms with Crippen molar-refractivity contribution in [2.24, 2.45) is 0 Å². The van der Waals surface area contributed by atoms with Crippen LogP contribution in [0.5, 0.6) is 11.5 Å². The zero-order chi connectivity index (χ0) is 14.8. The van der Waals surface area contributed by atoms with E-state index in [0.717, 1.165) is 0 Å². The highest BCUT2D eigenvalue weighted by molar-refractivity contribution is 5.85. The van der Waals surface area contributed by atoms with Gasteiger partial charge in [0.25, 0.3) is 0 Å². The van der Waals surface area contributed by atoms with E-state index in [-0.39, 0.29) is 49.2 Å². The Morgan fingerprint density at radius 1 is 1.23 bits per heavy atom. The maximum Gasteiger partial charge on any atom is 0.408 e. The lowest BCUT2D eigenvalue weighted by molar-refractivity contribution is -0.188. The Labute approximate surface area is 139 Å². The molecule has 0 bridgehead atoms. The molecule has 0 aromatic heterocycles. The van der Waals surface area contributed by atoms with Gasteiger partial charge in [-0.2, -0.15) is 13.2 Å². The molecule has 22 heavy (non-hydrogen) atoms. The molecule has 2 rings (SSSR count). The van der Waals surface area contributed by atoms with Crippen molar-refractivity contribution in [3.63, 3.8) is 0 Å². The second-order valence-corrected chi connectivity index (χ2v) is 4.63. The normalized spacial score (nSPS) is 17.1. The summed E-state index contributed by atoms with van der Waals surface area (Å²) >= 11 is 0. The smallest absolute Gasteiger partial charge is 0.408 e. The van der Waals surface area contributed by atoms with Gasteiger partial charge in [-0.1, -0.05) is 12.1 Å². The average molecular weight is 363 g/mol. The SMILES string of the molecule is COc1cccc([C@@H](N2CCNCC2)C(F)(F)F)c1O.Cl.Cl. The van der Waals surface area contributed by atoms with Crippen molar-refractivity contribution < 1.29 is 23.0 Å². The third-order valence-corrected chi connectivity index (χ3v) is 3.37. The van der Waals surface area contributed by atoms with Crippen LogP contribution in [0.4, 0.5) is 13.2 Å². The summed E-state index contributed by atoms with van der Waals surface area (Å²) in [6.07, 6.45) is -4.46. The van der Waals surface area contributed by atoms with Crippen LogP contribution in [0.1, 0.15) is 11.6 Å². The summed E-state index contributed by atoms with van der Waals surface area (Å²) in [5, 5.41) is 13.0. The van der Waals surface area contributed by atoms with E-state index in [1.54, 1.807) is 0 Å². The van der Waals surface area contributed by atoms with Gasteiger partial charge in [0.15, 0.2) is 11.5 Å². The summed E-state index contributed by atoms with van der Waals surface area (Å²) in [6, 6.07) is 2.36. The second kappa shape index (κ2) is 8.67. The Morgan fingerprint density at radius 3 is 2.32 bits per heavy atom. The van der Waals surface area contributed by atoms with Gasteiger partial charge in [-0.25, -0.2) is 0 Å². The van der Waals surface area contributed by atoms with Crippen molar-refractivity contribution in [1.82, 2.24) is 10.2 Å². The molecule has 0 aliphatic carbocycles. The number of hydrogen-bond donors (Lipinski definition) is 2. The molecular weight excluding hydrogens is 344 g/mol. The fourth-order valence-corrected chi connectivity index (χ4v) is 2.45. The molecule has 1 aromatic carbocycles. The van der Waals surface area contributed by atoms with Crippen LogP contribution in [0.2, 0.25) is 0 Å². The molecule has 1 aliphatic rings. The van der Waals surface area contributed by atoms with Gasteiger partial charge in [-0.05, 0) is 6.07 Å². The van der Waals surface area contributed by atoms with Crippen molar-refractivity contribution in [1.29, 1.82) is 0 Å². The molecule has 0 unspecified atom stereocenters. The van der Waals surface area contributed by atoms with Crippen molar-refractivity contribution in [2.45, 2.75) is 12.2 Å². The molecule has 0 amide bonds. The topological polar surface area (TPSA) is 44.7 Å². The van der Waals surface area contributed by atoms with Crippen LogP contribution in [-0.4, -0.2) is 49.5 Å². The van der Waals surface area contributed by atoms with E-state index < -0.39 is 18.0 Å². The summed E-state index contributed by atoms with van der Waals surface area (Å²) < 4.78 is 45.1. The van der Waals surface area contributed by atoms with E-state index in [9.17, 15) is 18.3 Å². The maximum absolute atomic E-state index is 13.4. The lowest BCUT2D eigenvalue weighted by Crippen LogP contribution is -2.49. The molecule has 1 aliphatic heterocycles. The van der Waals surface area contributed by atoms with Crippen molar-refractivity contribution in [3.8, 4) is 11.5 Å². The predicted octanol–water partition coefficient (Wildman–Crippen LogP) is 2.75. The minimum Gasteiger partial charge on any atom is -0.504 e. The van der Waals surface area contributed by atoms with Crippen LogP contribution in [0.25, 0.3) is 0 Å². The molecule has 0 saturated carbocycles. The number of methoxy groups -OCH3 is 1. The van der Waals surface area contributed by atoms with Gasteiger partial charge < -0.3 is 15.2 Å². The number of nitrogens with one attached hydrogen (secondary N) is 1. The van der Waals surface area contributed by atoms with Crippen molar-refractivity contribution in [3.05, 3.63) is 23.8 Å². The van der Waals surface area contributed by atoms with Gasteiger partial charge in [-0.15, -0.1) is 24.8 Å². The minimum absolute atomic E-state index is 0. The fraction of sp³-hybridized carbons (Fsp3) is 0.538. The number of piperazine rings is 1. The Kier molecular flexibility index (Phi) is 8.32. The van der Waals surface area contributed by atoms with E-state index in [0.29, 0.717) is 13.1 Å². The van der Waals surface area contributed by atoms with E-state index in [2.05, 4.69) is 5.32 Å². The molecule has 9 heteroatoms. The third-order valence-electron chi connectivity index (χ3n) is 3.37. The van der Waals surface area contributed by atoms with E-state index in [4.69, 9.17) is 4.74 Å². The number of rotatable bonds is 3. The molecule has 1 saturated heterocycles. The first-order chi connectivity index (χ1) is 9.45. The molecule has 4 nitrogen and oxygen atoms in total. The Bertz CT molecular complexity index is 469. The number of hydrogen-bond acceptors (Lipinski definition) is 4. The minimum atomic E-state index is -4.46. The summed E-state index contributed by atoms with van der Waals surface area (Å²) in [6.45, 7) is 1.55. The Balaban J connectivity index is 0.00000220. The van der Waals surface area contributed by atoms with Gasteiger partial charge in [-0.3, -0.25) is 4.90 Å². The summed E-state index contributed by atoms with van der Waals surface area (Å²) in [5.74, 6) is -0.400. The molecule has 1 atom stereocenters. The zero-order valence-electron chi connectivity index (χ0n) is 11.9. The number of alkyl halides is 3. The first kappa shape index (κ1) is 21.1. The van der Waals surface area contributed by atoms with Crippen molar-refractivity contribution in [2.75, 3.05) is 33.3 Å². The summed E-state index contributed by atoms with van der Waals surface area (Å²) in [4.78, 5) is 1.32. The molecule has 0 spiro atoms. The first-order valence-corrected chi connectivity index (χ1v) is 6.32. The number of ether oxygens (including phenoxy) is 1. The van der Waals surface area contributed by atoms with Gasteiger partial charge in [0.05, 0.1) is 7.11 Å². The Morgan fingerprint density at radius 2 is 1.82 bits per heavy atom. The van der Waals surface area contributed by atoms with Crippen LogP contribution in [-0.2, 0) is 0 Å². The number of phenols is 1. The molecular formula is C13H19Cl2F3N2O2. The summed E-state index contributed by atoms with van der Waals surface area (Å²) in [7, 11) is 1.31. The number of para-hydroxylation sites is 1. The molecule has 2 N–H and O–H groups in total. The van der Waals surface area contributed by atoms with Gasteiger partial charge in [0, 0.05) is 31.7 Å². The lowest BCUT2D eigenvalue weighted by Gasteiger charge is -2.36. The van der Waals surface area contributed by atoms with Gasteiger partial charge in [0.2, 0.25) is 0 Å². The largest absolute Gasteiger partial charge is 0.504 e. The molecule has 128 valence electrons. The zero-order valence-corrected chi connectivity index (χ0v) is 13.5. The standard InChI is InChI=1S/C13H17F3N2O2.2ClH/c1-20-10-4-2-3-9(11(10)19)12(13(14,15)16)18-7-5-17-6-8-18;;/h2-4,12,17,19H,5-8H2,1H3;2*1H/t12-;;/m1../s1. The molecule has 1 heterocycles. The quantitative estimate of drug-likeness (QED) is 0.867. The van der Waals surface area contributed by atoms with Gasteiger partial charge in [0.1, 0.15) is 6.04 Å². The lowest BCUT2D eigenvalue weighted by atomic mass is 10.0. The van der Waals surface area contributed by atoms with Crippen LogP contribution in [0.3, 0.4) is 0 Å². The molecule has 0 radical (unpaired) electrons. The number of aromatic hydroxyl groups is 1. The van der Waals surface area contributed by atoms with Crippen LogP contribution < -0.4 is 10.1 Å². The highest BCUT2D eigenvalue weighted by atomic mass is 35.5. The molecule has 1 fully saturated rings. The van der Waals surface area contributed by atoms with E-state index in [1.807, 2.05) is 0 Å². The van der Waals surface area contributed by atoms with E-state index in [1.165, 1.54) is 30.2 Å². The number of phenolic OH excluding ortho intramolecular Hbond substituents is 1. The number of benzene rings is 1. The van der Waals surface area contributed by atoms with Gasteiger partial charge >= 0.3 is 6.18 Å². The molecule has 1 aromatic rings. The third kappa shape index (κ3) is 4.55. The first-order valence-electron chi connectivity index (χ1n) is 6.32. The predicted molar refractivity (Wildman–Crippen MR) is 82.4 cm³/mol. The monoisotopic (exact) mass is 362 g/mol. The average Bonchev–Trinajstić information content (AvgIpc) is 2.41.